The van der Waals surface area contributed by atoms with Crippen LogP contribution in [0.25, 0.3) is 0 Å². The van der Waals surface area contributed by atoms with E-state index in [4.69, 9.17) is 0 Å². The van der Waals surface area contributed by atoms with Gasteiger partial charge in [-0.3, -0.25) is 4.90 Å². The lowest BCUT2D eigenvalue weighted by molar-refractivity contribution is 0.106. The summed E-state index contributed by atoms with van der Waals surface area (Å²) in [6.45, 7) is 8.42. The van der Waals surface area contributed by atoms with E-state index in [1.54, 1.807) is 6.07 Å². The van der Waals surface area contributed by atoms with Gasteiger partial charge in [-0.1, -0.05) is 37.6 Å². The molecule has 1 heterocycles. The number of rotatable bonds is 10. The van der Waals surface area contributed by atoms with Crippen molar-refractivity contribution in [2.45, 2.75) is 39.0 Å². The zero-order valence-electron chi connectivity index (χ0n) is 14.4. The van der Waals surface area contributed by atoms with Gasteiger partial charge in [0.2, 0.25) is 0 Å². The Morgan fingerprint density at radius 1 is 1.29 bits per heavy atom. The fourth-order valence-electron chi connectivity index (χ4n) is 2.90. The van der Waals surface area contributed by atoms with E-state index in [-0.39, 0.29) is 11.9 Å². The number of aliphatic hydroxyl groups excluding tert-OH is 1. The first kappa shape index (κ1) is 18.4. The Balaban J connectivity index is 2.07. The maximum absolute atomic E-state index is 13.9. The van der Waals surface area contributed by atoms with E-state index in [0.717, 1.165) is 18.5 Å². The summed E-state index contributed by atoms with van der Waals surface area (Å²) >= 11 is 0. The first-order valence-electron chi connectivity index (χ1n) is 8.52. The molecule has 3 nitrogen and oxygen atoms in total. The molecule has 1 atom stereocenters. The Morgan fingerprint density at radius 2 is 2.08 bits per heavy atom. The van der Waals surface area contributed by atoms with Crippen LogP contribution in [0, 0.1) is 5.82 Å². The molecule has 130 valence electrons. The molecular weight excluding hydrogens is 303 g/mol. The summed E-state index contributed by atoms with van der Waals surface area (Å²) in [5.74, 6) is -0.182. The van der Waals surface area contributed by atoms with Gasteiger partial charge >= 0.3 is 0 Å². The second kappa shape index (κ2) is 9.40. The number of hydrogen-bond acceptors (Lipinski definition) is 2. The Kier molecular flexibility index (Phi) is 7.22. The van der Waals surface area contributed by atoms with Crippen LogP contribution in [0.4, 0.5) is 4.39 Å². The second-order valence-corrected chi connectivity index (χ2v) is 6.14. The third-order valence-electron chi connectivity index (χ3n) is 4.09. The third-order valence-corrected chi connectivity index (χ3v) is 4.09. The fraction of sp³-hybridized carbons (Fsp3) is 0.400. The summed E-state index contributed by atoms with van der Waals surface area (Å²) in [4.78, 5) is 2.17. The summed E-state index contributed by atoms with van der Waals surface area (Å²) < 4.78 is 15.9. The van der Waals surface area contributed by atoms with Gasteiger partial charge < -0.3 is 9.67 Å². The molecule has 0 aliphatic rings. The molecule has 2 rings (SSSR count). The molecule has 1 aromatic heterocycles. The molecule has 1 N–H and O–H groups in total. The van der Waals surface area contributed by atoms with Crippen LogP contribution < -0.4 is 0 Å². The van der Waals surface area contributed by atoms with E-state index >= 15 is 0 Å². The molecule has 0 saturated carbocycles. The minimum atomic E-state index is -0.329. The van der Waals surface area contributed by atoms with Crippen LogP contribution in [0.15, 0.2) is 55.3 Å². The van der Waals surface area contributed by atoms with Crippen LogP contribution in [-0.2, 0) is 13.1 Å². The van der Waals surface area contributed by atoms with Crippen LogP contribution in [0.1, 0.15) is 31.0 Å². The number of nitrogens with zero attached hydrogens (tertiary/aromatic N) is 2. The molecule has 0 radical (unpaired) electrons. The zero-order valence-corrected chi connectivity index (χ0v) is 14.4. The highest BCUT2D eigenvalue weighted by molar-refractivity contribution is 5.19. The van der Waals surface area contributed by atoms with Gasteiger partial charge in [-0.25, -0.2) is 4.39 Å². The van der Waals surface area contributed by atoms with E-state index in [1.807, 2.05) is 36.5 Å². The van der Waals surface area contributed by atoms with Crippen LogP contribution in [-0.4, -0.2) is 33.8 Å². The minimum Gasteiger partial charge on any atom is -0.392 e. The lowest BCUT2D eigenvalue weighted by Crippen LogP contribution is -2.33. The molecule has 0 unspecified atom stereocenters. The smallest absolute Gasteiger partial charge is 0.128 e. The molecule has 0 aliphatic carbocycles. The second-order valence-electron chi connectivity index (χ2n) is 6.14. The van der Waals surface area contributed by atoms with Crippen molar-refractivity contribution in [3.8, 4) is 0 Å². The summed E-state index contributed by atoms with van der Waals surface area (Å²) in [6.07, 6.45) is 5.25. The van der Waals surface area contributed by atoms with Crippen molar-refractivity contribution in [3.63, 3.8) is 0 Å². The minimum absolute atomic E-state index is 0.182. The highest BCUT2D eigenvalue weighted by atomic mass is 19.1. The van der Waals surface area contributed by atoms with Crippen LogP contribution in [0.2, 0.25) is 0 Å². The topological polar surface area (TPSA) is 28.4 Å². The maximum atomic E-state index is 13.9. The Bertz CT molecular complexity index is 638. The molecule has 4 heteroatoms. The molecule has 0 saturated heterocycles. The number of halogens is 1. The molecule has 0 amide bonds. The van der Waals surface area contributed by atoms with Gasteiger partial charge in [0.1, 0.15) is 5.82 Å². The average Bonchev–Trinajstić information content (AvgIpc) is 2.97. The van der Waals surface area contributed by atoms with E-state index in [2.05, 4.69) is 23.0 Å². The van der Waals surface area contributed by atoms with Crippen LogP contribution in [0.3, 0.4) is 0 Å². The van der Waals surface area contributed by atoms with Gasteiger partial charge in [0.05, 0.1) is 12.6 Å². The number of aromatic nitrogens is 1. The summed E-state index contributed by atoms with van der Waals surface area (Å²) in [5.41, 5.74) is 1.78. The van der Waals surface area contributed by atoms with Gasteiger partial charge in [0, 0.05) is 37.1 Å². The lowest BCUT2D eigenvalue weighted by Gasteiger charge is -2.24. The van der Waals surface area contributed by atoms with Crippen molar-refractivity contribution in [2.24, 2.45) is 0 Å². The molecule has 0 fully saturated rings. The van der Waals surface area contributed by atoms with Crippen molar-refractivity contribution in [1.29, 1.82) is 0 Å². The predicted octanol–water partition coefficient (Wildman–Crippen LogP) is 3.82. The standard InChI is InChI=1S/C20H27FN2O/c1-3-8-19(24)16-22(12-4-2)15-18-10-7-13-23(18)14-17-9-5-6-11-20(17)21/h4-7,9-11,13,19,24H,2-3,8,12,14-16H2,1H3/t19-/m1/s1. The molecule has 0 bridgehead atoms. The lowest BCUT2D eigenvalue weighted by atomic mass is 10.2. The molecular formula is C20H27FN2O. The van der Waals surface area contributed by atoms with Gasteiger partial charge in [0.25, 0.3) is 0 Å². The highest BCUT2D eigenvalue weighted by Gasteiger charge is 2.13. The van der Waals surface area contributed by atoms with Crippen molar-refractivity contribution in [2.75, 3.05) is 13.1 Å². The average molecular weight is 330 g/mol. The normalized spacial score (nSPS) is 12.5. The van der Waals surface area contributed by atoms with Gasteiger partial charge in [-0.15, -0.1) is 6.58 Å². The summed E-state index contributed by atoms with van der Waals surface area (Å²) in [5, 5.41) is 10.1. The van der Waals surface area contributed by atoms with Crippen molar-refractivity contribution in [1.82, 2.24) is 9.47 Å². The monoisotopic (exact) mass is 330 g/mol. The first-order chi connectivity index (χ1) is 11.6. The number of benzene rings is 1. The largest absolute Gasteiger partial charge is 0.392 e. The van der Waals surface area contributed by atoms with E-state index in [0.29, 0.717) is 31.7 Å². The molecule has 24 heavy (non-hydrogen) atoms. The molecule has 1 aromatic carbocycles. The van der Waals surface area contributed by atoms with E-state index in [9.17, 15) is 9.50 Å². The highest BCUT2D eigenvalue weighted by Crippen LogP contribution is 2.14. The fourth-order valence-corrected chi connectivity index (χ4v) is 2.90. The summed E-state index contributed by atoms with van der Waals surface area (Å²) in [6, 6.07) is 10.9. The van der Waals surface area contributed by atoms with E-state index < -0.39 is 0 Å². The first-order valence-corrected chi connectivity index (χ1v) is 8.52. The van der Waals surface area contributed by atoms with Crippen LogP contribution in [0.5, 0.6) is 0 Å². The molecule has 2 aromatic rings. The SMILES string of the molecule is C=CCN(Cc1cccn1Cc1ccccc1F)C[C@H](O)CCC. The third kappa shape index (κ3) is 5.32. The van der Waals surface area contributed by atoms with Crippen LogP contribution >= 0.6 is 0 Å². The Hall–Kier alpha value is -1.91. The maximum Gasteiger partial charge on any atom is 0.128 e. The number of aliphatic hydroxyl groups is 1. The van der Waals surface area contributed by atoms with Gasteiger partial charge in [-0.2, -0.15) is 0 Å². The van der Waals surface area contributed by atoms with Crippen molar-refractivity contribution in [3.05, 3.63) is 72.3 Å². The van der Waals surface area contributed by atoms with Crippen molar-refractivity contribution >= 4 is 0 Å². The van der Waals surface area contributed by atoms with E-state index in [1.165, 1.54) is 6.07 Å². The molecule has 0 spiro atoms. The quantitative estimate of drug-likeness (QED) is 0.671. The zero-order chi connectivity index (χ0) is 17.4. The van der Waals surface area contributed by atoms with Gasteiger partial charge in [0.15, 0.2) is 0 Å². The summed E-state index contributed by atoms with van der Waals surface area (Å²) in [7, 11) is 0. The Labute approximate surface area is 144 Å². The number of hydrogen-bond donors (Lipinski definition) is 1. The molecule has 0 aliphatic heterocycles. The Morgan fingerprint density at radius 3 is 2.79 bits per heavy atom. The van der Waals surface area contributed by atoms with Gasteiger partial charge in [-0.05, 0) is 24.6 Å². The van der Waals surface area contributed by atoms with Crippen molar-refractivity contribution < 1.29 is 9.50 Å². The predicted molar refractivity (Wildman–Crippen MR) is 96.3 cm³/mol.